The number of benzene rings is 1. The van der Waals surface area contributed by atoms with E-state index in [0.717, 1.165) is 25.9 Å². The molecule has 2 rings (SSSR count). The summed E-state index contributed by atoms with van der Waals surface area (Å²) in [5.74, 6) is 0.637. The second-order valence-corrected chi connectivity index (χ2v) is 5.85. The van der Waals surface area contributed by atoms with Crippen LogP contribution in [0.25, 0.3) is 0 Å². The minimum atomic E-state index is -0.432. The van der Waals surface area contributed by atoms with Gasteiger partial charge in [0.25, 0.3) is 0 Å². The number of carbonyl (C=O) groups excluding carboxylic acids is 1. The molecule has 7 nitrogen and oxygen atoms in total. The van der Waals surface area contributed by atoms with Gasteiger partial charge in [0.05, 0.1) is 29.6 Å². The van der Waals surface area contributed by atoms with E-state index in [0.29, 0.717) is 28.0 Å². The van der Waals surface area contributed by atoms with Crippen LogP contribution < -0.4 is 10.2 Å². The number of hydrogen-bond acceptors (Lipinski definition) is 7. The molecule has 0 aliphatic rings. The zero-order valence-corrected chi connectivity index (χ0v) is 15.4. The van der Waals surface area contributed by atoms with E-state index >= 15 is 0 Å². The van der Waals surface area contributed by atoms with Crippen molar-refractivity contribution in [2.75, 3.05) is 30.4 Å². The Morgan fingerprint density at radius 2 is 2.00 bits per heavy atom. The van der Waals surface area contributed by atoms with Crippen LogP contribution in [0.15, 0.2) is 24.4 Å². The summed E-state index contributed by atoms with van der Waals surface area (Å²) in [5, 5.41) is 11.7. The third-order valence-electron chi connectivity index (χ3n) is 3.47. The zero-order chi connectivity index (χ0) is 18.2. The van der Waals surface area contributed by atoms with Gasteiger partial charge >= 0.3 is 5.97 Å². The number of rotatable bonds is 8. The van der Waals surface area contributed by atoms with Crippen molar-refractivity contribution in [2.45, 2.75) is 26.7 Å². The first-order valence-corrected chi connectivity index (χ1v) is 8.56. The molecule has 1 aromatic heterocycles. The predicted octanol–water partition coefficient (Wildman–Crippen LogP) is 3.68. The Labute approximate surface area is 152 Å². The fourth-order valence-corrected chi connectivity index (χ4v) is 2.51. The van der Waals surface area contributed by atoms with Gasteiger partial charge in [-0.15, -0.1) is 5.10 Å². The van der Waals surface area contributed by atoms with Gasteiger partial charge in [-0.2, -0.15) is 10.1 Å². The van der Waals surface area contributed by atoms with E-state index in [1.165, 1.54) is 13.3 Å². The number of methoxy groups -OCH3 is 1. The average Bonchev–Trinajstić information content (AvgIpc) is 2.63. The number of anilines is 3. The van der Waals surface area contributed by atoms with Crippen LogP contribution in [-0.2, 0) is 4.74 Å². The Kier molecular flexibility index (Phi) is 6.94. The first kappa shape index (κ1) is 18.9. The number of nitrogens with zero attached hydrogens (tertiary/aromatic N) is 4. The molecule has 8 heteroatoms. The Hall–Kier alpha value is -2.41. The summed E-state index contributed by atoms with van der Waals surface area (Å²) in [7, 11) is 1.33. The summed E-state index contributed by atoms with van der Waals surface area (Å²) in [6, 6.07) is 4.85. The normalized spacial score (nSPS) is 10.4. The molecule has 0 unspecified atom stereocenters. The summed E-state index contributed by atoms with van der Waals surface area (Å²) in [6.45, 7) is 5.93. The Bertz CT molecular complexity index is 720. The fraction of sp³-hybridized carbons (Fsp3) is 0.412. The molecule has 0 aliphatic heterocycles. The molecule has 0 atom stereocenters. The van der Waals surface area contributed by atoms with Crippen LogP contribution in [0, 0.1) is 0 Å². The summed E-state index contributed by atoms with van der Waals surface area (Å²) >= 11 is 6.21. The highest BCUT2D eigenvalue weighted by molar-refractivity contribution is 6.33. The second kappa shape index (κ2) is 9.17. The van der Waals surface area contributed by atoms with E-state index < -0.39 is 5.97 Å². The molecule has 0 saturated carbocycles. The monoisotopic (exact) mass is 363 g/mol. The fourth-order valence-electron chi connectivity index (χ4n) is 2.34. The molecule has 0 fully saturated rings. The van der Waals surface area contributed by atoms with Crippen LogP contribution in [0.2, 0.25) is 5.02 Å². The predicted molar refractivity (Wildman–Crippen MR) is 98.7 cm³/mol. The van der Waals surface area contributed by atoms with Crippen LogP contribution in [0.1, 0.15) is 37.0 Å². The molecule has 0 spiro atoms. The van der Waals surface area contributed by atoms with Gasteiger partial charge in [0.2, 0.25) is 5.95 Å². The molecule has 1 heterocycles. The highest BCUT2D eigenvalue weighted by Gasteiger charge is 2.12. The van der Waals surface area contributed by atoms with Crippen molar-refractivity contribution in [3.8, 4) is 0 Å². The lowest BCUT2D eigenvalue weighted by molar-refractivity contribution is 0.0601. The highest BCUT2D eigenvalue weighted by Crippen LogP contribution is 2.26. The quantitative estimate of drug-likeness (QED) is 0.716. The number of carbonyl (C=O) groups is 1. The highest BCUT2D eigenvalue weighted by atomic mass is 35.5. The number of hydrogen-bond donors (Lipinski definition) is 1. The van der Waals surface area contributed by atoms with E-state index in [2.05, 4.69) is 39.2 Å². The van der Waals surface area contributed by atoms with Crippen molar-refractivity contribution in [1.82, 2.24) is 15.2 Å². The standard InChI is InChI=1S/C17H22ClN5O2/c1-4-8-23(9-5-2)17-21-15(11-19-22-17)20-14-10-12(16(24)25-3)6-7-13(14)18/h6-7,10-11H,4-5,8-9H2,1-3H3,(H,20,21,22). The minimum Gasteiger partial charge on any atom is -0.465 e. The zero-order valence-electron chi connectivity index (χ0n) is 14.6. The smallest absolute Gasteiger partial charge is 0.337 e. The van der Waals surface area contributed by atoms with E-state index in [-0.39, 0.29) is 0 Å². The van der Waals surface area contributed by atoms with E-state index in [1.807, 2.05) is 0 Å². The Morgan fingerprint density at radius 3 is 2.64 bits per heavy atom. The van der Waals surface area contributed by atoms with Gasteiger partial charge in [-0.25, -0.2) is 4.79 Å². The maximum absolute atomic E-state index is 11.7. The van der Waals surface area contributed by atoms with Gasteiger partial charge in [0.15, 0.2) is 5.82 Å². The van der Waals surface area contributed by atoms with Crippen LogP contribution >= 0.6 is 11.6 Å². The van der Waals surface area contributed by atoms with Gasteiger partial charge in [-0.05, 0) is 31.0 Å². The third kappa shape index (κ3) is 5.03. The van der Waals surface area contributed by atoms with Gasteiger partial charge < -0.3 is 15.0 Å². The maximum atomic E-state index is 11.7. The summed E-state index contributed by atoms with van der Waals surface area (Å²) in [5.41, 5.74) is 0.948. The van der Waals surface area contributed by atoms with Crippen molar-refractivity contribution in [2.24, 2.45) is 0 Å². The lowest BCUT2D eigenvalue weighted by atomic mass is 10.2. The molecule has 0 saturated heterocycles. The van der Waals surface area contributed by atoms with E-state index in [9.17, 15) is 4.79 Å². The SMILES string of the molecule is CCCN(CCC)c1nncc(Nc2cc(C(=O)OC)ccc2Cl)n1. The van der Waals surface area contributed by atoms with Crippen molar-refractivity contribution in [3.05, 3.63) is 35.0 Å². The summed E-state index contributed by atoms with van der Waals surface area (Å²) < 4.78 is 4.73. The van der Waals surface area contributed by atoms with Crippen molar-refractivity contribution >= 4 is 35.0 Å². The van der Waals surface area contributed by atoms with Crippen LogP contribution in [0.5, 0.6) is 0 Å². The molecular formula is C17H22ClN5O2. The topological polar surface area (TPSA) is 80.2 Å². The molecule has 0 radical (unpaired) electrons. The molecule has 0 aliphatic carbocycles. The number of aromatic nitrogens is 3. The van der Waals surface area contributed by atoms with E-state index in [1.54, 1.807) is 18.2 Å². The van der Waals surface area contributed by atoms with Crippen LogP contribution in [0.4, 0.5) is 17.5 Å². The molecule has 1 N–H and O–H groups in total. The minimum absolute atomic E-state index is 0.398. The molecule has 0 bridgehead atoms. The average molecular weight is 364 g/mol. The lowest BCUT2D eigenvalue weighted by Crippen LogP contribution is -2.27. The van der Waals surface area contributed by atoms with Gasteiger partial charge in [0, 0.05) is 13.1 Å². The Balaban J connectivity index is 2.26. The van der Waals surface area contributed by atoms with Gasteiger partial charge in [0.1, 0.15) is 0 Å². The lowest BCUT2D eigenvalue weighted by Gasteiger charge is -2.21. The van der Waals surface area contributed by atoms with Crippen LogP contribution in [0.3, 0.4) is 0 Å². The number of esters is 1. The van der Waals surface area contributed by atoms with E-state index in [4.69, 9.17) is 16.3 Å². The second-order valence-electron chi connectivity index (χ2n) is 5.44. The van der Waals surface area contributed by atoms with Crippen LogP contribution in [-0.4, -0.2) is 41.3 Å². The van der Waals surface area contributed by atoms with Crippen molar-refractivity contribution < 1.29 is 9.53 Å². The number of halogens is 1. The molecule has 134 valence electrons. The number of nitrogens with one attached hydrogen (secondary N) is 1. The van der Waals surface area contributed by atoms with Gasteiger partial charge in [-0.1, -0.05) is 25.4 Å². The molecule has 2 aromatic rings. The van der Waals surface area contributed by atoms with Crippen molar-refractivity contribution in [1.29, 1.82) is 0 Å². The summed E-state index contributed by atoms with van der Waals surface area (Å²) in [4.78, 5) is 18.3. The third-order valence-corrected chi connectivity index (χ3v) is 3.80. The molecule has 0 amide bonds. The maximum Gasteiger partial charge on any atom is 0.337 e. The molecule has 1 aromatic carbocycles. The molecular weight excluding hydrogens is 342 g/mol. The number of ether oxygens (including phenoxy) is 1. The first-order chi connectivity index (χ1) is 12.1. The largest absolute Gasteiger partial charge is 0.465 e. The van der Waals surface area contributed by atoms with Crippen molar-refractivity contribution in [3.63, 3.8) is 0 Å². The molecule has 25 heavy (non-hydrogen) atoms. The van der Waals surface area contributed by atoms with Gasteiger partial charge in [-0.3, -0.25) is 0 Å². The summed E-state index contributed by atoms with van der Waals surface area (Å²) in [6.07, 6.45) is 3.50. The Morgan fingerprint density at radius 1 is 1.28 bits per heavy atom. The first-order valence-electron chi connectivity index (χ1n) is 8.18.